The van der Waals surface area contributed by atoms with Crippen molar-refractivity contribution in [3.8, 4) is 5.75 Å². The number of nitro groups is 1. The van der Waals surface area contributed by atoms with E-state index in [0.29, 0.717) is 6.61 Å². The van der Waals surface area contributed by atoms with Gasteiger partial charge in [-0.05, 0) is 31.9 Å². The van der Waals surface area contributed by atoms with Gasteiger partial charge in [-0.2, -0.15) is 0 Å². The van der Waals surface area contributed by atoms with Crippen LogP contribution in [0.1, 0.15) is 19.8 Å². The lowest BCUT2D eigenvalue weighted by Crippen LogP contribution is -2.40. The van der Waals surface area contributed by atoms with Crippen molar-refractivity contribution in [2.75, 3.05) is 13.7 Å². The summed E-state index contributed by atoms with van der Waals surface area (Å²) in [6.45, 7) is 2.28. The van der Waals surface area contributed by atoms with Crippen LogP contribution in [0, 0.1) is 10.1 Å². The molecule has 9 heteroatoms. The van der Waals surface area contributed by atoms with Crippen molar-refractivity contribution in [1.82, 2.24) is 4.72 Å². The Morgan fingerprint density at radius 2 is 2.23 bits per heavy atom. The normalized spacial score (nSPS) is 19.8. The molecule has 1 fully saturated rings. The first kappa shape index (κ1) is 16.7. The van der Waals surface area contributed by atoms with E-state index in [1.54, 1.807) is 6.92 Å². The van der Waals surface area contributed by atoms with Crippen LogP contribution in [0.25, 0.3) is 0 Å². The van der Waals surface area contributed by atoms with E-state index in [4.69, 9.17) is 9.47 Å². The Morgan fingerprint density at radius 1 is 1.50 bits per heavy atom. The number of methoxy groups -OCH3 is 1. The van der Waals surface area contributed by atoms with Crippen molar-refractivity contribution in [1.29, 1.82) is 0 Å². The molecule has 1 aliphatic rings. The monoisotopic (exact) mass is 330 g/mol. The highest BCUT2D eigenvalue weighted by atomic mass is 32.2. The summed E-state index contributed by atoms with van der Waals surface area (Å²) in [5, 5.41) is 11.1. The van der Waals surface area contributed by atoms with Gasteiger partial charge in [0.2, 0.25) is 10.0 Å². The highest BCUT2D eigenvalue weighted by Gasteiger charge is 2.31. The second kappa shape index (κ2) is 6.59. The van der Waals surface area contributed by atoms with Gasteiger partial charge in [0, 0.05) is 12.6 Å². The molecule has 0 spiro atoms. The van der Waals surface area contributed by atoms with Gasteiger partial charge in [0.05, 0.1) is 24.2 Å². The van der Waals surface area contributed by atoms with Crippen LogP contribution < -0.4 is 9.46 Å². The topological polar surface area (TPSA) is 108 Å². The molecule has 1 aromatic rings. The molecule has 0 radical (unpaired) electrons. The maximum Gasteiger partial charge on any atom is 0.293 e. The third-order valence-corrected chi connectivity index (χ3v) is 5.12. The van der Waals surface area contributed by atoms with E-state index in [-0.39, 0.29) is 16.7 Å². The maximum atomic E-state index is 12.4. The van der Waals surface area contributed by atoms with E-state index in [0.717, 1.165) is 18.9 Å². The van der Waals surface area contributed by atoms with Crippen molar-refractivity contribution in [3.05, 3.63) is 28.3 Å². The Labute approximate surface area is 128 Å². The third kappa shape index (κ3) is 3.54. The molecule has 0 aliphatic carbocycles. The Kier molecular flexibility index (Phi) is 4.99. The van der Waals surface area contributed by atoms with E-state index >= 15 is 0 Å². The van der Waals surface area contributed by atoms with Crippen LogP contribution in [-0.2, 0) is 14.8 Å². The lowest BCUT2D eigenvalue weighted by molar-refractivity contribution is -0.387. The Hall–Kier alpha value is -1.71. The van der Waals surface area contributed by atoms with Gasteiger partial charge < -0.3 is 9.47 Å². The highest BCUT2D eigenvalue weighted by Crippen LogP contribution is 2.28. The standard InChI is InChI=1S/C13H18N2O6S/c1-9(12-4-3-7-21-12)14-22(18,19)13-6-5-10(20-2)8-11(13)15(16)17/h5-6,8-9,12,14H,3-4,7H2,1-2H3/t9-,12-/m0/s1. The molecule has 0 saturated carbocycles. The second-order valence-corrected chi connectivity index (χ2v) is 6.73. The minimum absolute atomic E-state index is 0.216. The molecule has 0 aromatic heterocycles. The predicted molar refractivity (Wildman–Crippen MR) is 78.4 cm³/mol. The average Bonchev–Trinajstić information content (AvgIpc) is 3.00. The average molecular weight is 330 g/mol. The molecule has 1 N–H and O–H groups in total. The quantitative estimate of drug-likeness (QED) is 0.625. The highest BCUT2D eigenvalue weighted by molar-refractivity contribution is 7.89. The molecule has 8 nitrogen and oxygen atoms in total. The molecule has 1 saturated heterocycles. The largest absolute Gasteiger partial charge is 0.497 e. The molecule has 1 aromatic carbocycles. The molecule has 22 heavy (non-hydrogen) atoms. The van der Waals surface area contributed by atoms with Crippen LogP contribution in [0.4, 0.5) is 5.69 Å². The van der Waals surface area contributed by atoms with Gasteiger partial charge in [-0.1, -0.05) is 0 Å². The minimum Gasteiger partial charge on any atom is -0.497 e. The van der Waals surface area contributed by atoms with Crippen LogP contribution in [-0.4, -0.2) is 39.2 Å². The number of nitrogens with one attached hydrogen (secondary N) is 1. The maximum absolute atomic E-state index is 12.4. The first-order valence-corrected chi connectivity index (χ1v) is 8.30. The van der Waals surface area contributed by atoms with E-state index in [1.165, 1.54) is 19.2 Å². The smallest absolute Gasteiger partial charge is 0.293 e. The summed E-state index contributed by atoms with van der Waals surface area (Å²) in [6, 6.07) is 3.17. The van der Waals surface area contributed by atoms with Crippen LogP contribution >= 0.6 is 0 Å². The zero-order valence-electron chi connectivity index (χ0n) is 12.3. The number of ether oxygens (including phenoxy) is 2. The van der Waals surface area contributed by atoms with Gasteiger partial charge in [0.25, 0.3) is 5.69 Å². The van der Waals surface area contributed by atoms with Gasteiger partial charge in [-0.25, -0.2) is 13.1 Å². The summed E-state index contributed by atoms with van der Waals surface area (Å²) in [6.07, 6.45) is 1.42. The number of nitro benzene ring substituents is 1. The first-order valence-electron chi connectivity index (χ1n) is 6.81. The molecule has 2 rings (SSSR count). The molecule has 1 aliphatic heterocycles. The molecule has 1 heterocycles. The molecule has 2 atom stereocenters. The van der Waals surface area contributed by atoms with Crippen LogP contribution in [0.3, 0.4) is 0 Å². The van der Waals surface area contributed by atoms with Crippen LogP contribution in [0.5, 0.6) is 5.75 Å². The number of hydrogen-bond donors (Lipinski definition) is 1. The summed E-state index contributed by atoms with van der Waals surface area (Å²) in [5.74, 6) is 0.220. The molecule has 0 amide bonds. The van der Waals surface area contributed by atoms with Gasteiger partial charge in [-0.15, -0.1) is 0 Å². The van der Waals surface area contributed by atoms with Crippen molar-refractivity contribution >= 4 is 15.7 Å². The van der Waals surface area contributed by atoms with Crippen LogP contribution in [0.15, 0.2) is 23.1 Å². The second-order valence-electron chi connectivity index (χ2n) is 5.05. The Balaban J connectivity index is 2.30. The fourth-order valence-electron chi connectivity index (χ4n) is 2.38. The lowest BCUT2D eigenvalue weighted by Gasteiger charge is -2.20. The number of benzene rings is 1. The van der Waals surface area contributed by atoms with Gasteiger partial charge in [0.15, 0.2) is 4.90 Å². The van der Waals surface area contributed by atoms with E-state index < -0.39 is 26.7 Å². The Bertz CT molecular complexity index is 654. The van der Waals surface area contributed by atoms with Crippen molar-refractivity contribution in [2.24, 2.45) is 0 Å². The summed E-state index contributed by atoms with van der Waals surface area (Å²) in [4.78, 5) is 9.98. The van der Waals surface area contributed by atoms with Crippen molar-refractivity contribution in [2.45, 2.75) is 36.8 Å². The van der Waals surface area contributed by atoms with E-state index in [2.05, 4.69) is 4.72 Å². The van der Waals surface area contributed by atoms with Crippen molar-refractivity contribution < 1.29 is 22.8 Å². The summed E-state index contributed by atoms with van der Waals surface area (Å²) < 4.78 is 37.6. The summed E-state index contributed by atoms with van der Waals surface area (Å²) in [7, 11) is -2.67. The SMILES string of the molecule is COc1ccc(S(=O)(=O)N[C@@H](C)[C@@H]2CCCO2)c([N+](=O)[O-])c1. The molecular weight excluding hydrogens is 312 g/mol. The number of sulfonamides is 1. The zero-order valence-corrected chi connectivity index (χ0v) is 13.1. The van der Waals surface area contributed by atoms with E-state index in [9.17, 15) is 18.5 Å². The van der Waals surface area contributed by atoms with Gasteiger partial charge >= 0.3 is 0 Å². The van der Waals surface area contributed by atoms with Gasteiger partial charge in [0.1, 0.15) is 5.75 Å². The first-order chi connectivity index (χ1) is 10.3. The Morgan fingerprint density at radius 3 is 2.77 bits per heavy atom. The fourth-order valence-corrected chi connectivity index (χ4v) is 3.80. The predicted octanol–water partition coefficient (Wildman–Crippen LogP) is 1.45. The minimum atomic E-state index is -4.02. The number of nitrogens with zero attached hydrogens (tertiary/aromatic N) is 1. The summed E-state index contributed by atoms with van der Waals surface area (Å²) >= 11 is 0. The number of rotatable bonds is 6. The zero-order chi connectivity index (χ0) is 16.3. The third-order valence-electron chi connectivity index (χ3n) is 3.52. The fraction of sp³-hybridized carbons (Fsp3) is 0.538. The lowest BCUT2D eigenvalue weighted by atomic mass is 10.1. The van der Waals surface area contributed by atoms with E-state index in [1.807, 2.05) is 0 Å². The van der Waals surface area contributed by atoms with Gasteiger partial charge in [-0.3, -0.25) is 10.1 Å². The molecule has 0 unspecified atom stereocenters. The van der Waals surface area contributed by atoms with Crippen LogP contribution in [0.2, 0.25) is 0 Å². The molecular formula is C13H18N2O6S. The summed E-state index contributed by atoms with van der Waals surface area (Å²) in [5.41, 5.74) is -0.522. The van der Waals surface area contributed by atoms with Crippen molar-refractivity contribution in [3.63, 3.8) is 0 Å². The number of hydrogen-bond acceptors (Lipinski definition) is 6. The molecule has 122 valence electrons. The molecule has 0 bridgehead atoms.